The molecule has 1 spiro atoms. The molecule has 3 heteroatoms. The zero-order chi connectivity index (χ0) is 22.0. The van der Waals surface area contributed by atoms with Crippen molar-refractivity contribution in [3.8, 4) is 11.8 Å². The third kappa shape index (κ3) is 2.34. The number of rotatable bonds is 2. The highest BCUT2D eigenvalue weighted by Crippen LogP contribution is 2.61. The summed E-state index contributed by atoms with van der Waals surface area (Å²) in [6, 6.07) is 10.9. The van der Waals surface area contributed by atoms with Gasteiger partial charge in [0.1, 0.15) is 0 Å². The van der Waals surface area contributed by atoms with E-state index < -0.39 is 5.60 Å². The van der Waals surface area contributed by atoms with Gasteiger partial charge in [0.15, 0.2) is 5.60 Å². The normalized spacial score (nSPS) is 28.0. The summed E-state index contributed by atoms with van der Waals surface area (Å²) in [7, 11) is 0. The topological polar surface area (TPSA) is 29.5 Å². The highest BCUT2D eigenvalue weighted by Gasteiger charge is 2.68. The fraction of sp³-hybridized carbons (Fsp3) is 0.276. The molecule has 3 atom stereocenters. The molecule has 3 aliphatic heterocycles. The molecule has 3 heterocycles. The Kier molecular flexibility index (Phi) is 4.12. The van der Waals surface area contributed by atoms with Crippen LogP contribution in [0.2, 0.25) is 0 Å². The van der Waals surface area contributed by atoms with Gasteiger partial charge in [-0.15, -0.1) is 0 Å². The van der Waals surface area contributed by atoms with E-state index in [4.69, 9.17) is 4.74 Å². The standard InChI is InChI=1S/C29H25NO2/c1-4-21-20(16-19-10-6-7-11-23(19)22(21)5-2)13-14-24-25-17-27(31)32-29(25)26-12-8-9-15-30(26)18(3)28(24)29/h4-7,10-11,16-18,26H,1-2,8-9,12,15H2,3H3/t18-,26?,29-/m0/s1. The maximum atomic E-state index is 12.4. The van der Waals surface area contributed by atoms with E-state index in [1.165, 1.54) is 18.4 Å². The lowest BCUT2D eigenvalue weighted by Gasteiger charge is -2.43. The second-order valence-electron chi connectivity index (χ2n) is 9.06. The van der Waals surface area contributed by atoms with E-state index in [1.54, 1.807) is 6.08 Å². The van der Waals surface area contributed by atoms with Gasteiger partial charge in [0, 0.05) is 34.4 Å². The molecule has 0 saturated carbocycles. The lowest BCUT2D eigenvalue weighted by Crippen LogP contribution is -2.52. The number of carbonyl (C=O) groups is 1. The van der Waals surface area contributed by atoms with Crippen molar-refractivity contribution in [2.45, 2.75) is 43.9 Å². The zero-order valence-electron chi connectivity index (χ0n) is 18.3. The van der Waals surface area contributed by atoms with E-state index >= 15 is 0 Å². The van der Waals surface area contributed by atoms with Gasteiger partial charge in [0.25, 0.3) is 0 Å². The minimum Gasteiger partial charge on any atom is -0.445 e. The molecule has 2 aromatic rings. The molecule has 158 valence electrons. The third-order valence-corrected chi connectivity index (χ3v) is 7.65. The van der Waals surface area contributed by atoms with Gasteiger partial charge in [0.2, 0.25) is 0 Å². The summed E-state index contributed by atoms with van der Waals surface area (Å²) in [5.41, 5.74) is 5.57. The Morgan fingerprint density at radius 3 is 2.78 bits per heavy atom. The highest BCUT2D eigenvalue weighted by molar-refractivity contribution is 5.97. The largest absolute Gasteiger partial charge is 0.445 e. The molecule has 1 aliphatic carbocycles. The Bertz CT molecular complexity index is 1350. The molecule has 32 heavy (non-hydrogen) atoms. The van der Waals surface area contributed by atoms with Gasteiger partial charge in [-0.05, 0) is 54.3 Å². The Labute approximate surface area is 188 Å². The number of esters is 1. The minimum absolute atomic E-state index is 0.236. The molecule has 2 saturated heterocycles. The lowest BCUT2D eigenvalue weighted by atomic mass is 9.65. The fourth-order valence-electron chi connectivity index (χ4n) is 6.36. The number of benzene rings is 2. The molecule has 0 amide bonds. The van der Waals surface area contributed by atoms with Crippen LogP contribution < -0.4 is 0 Å². The van der Waals surface area contributed by atoms with Crippen LogP contribution in [0.15, 0.2) is 66.3 Å². The maximum absolute atomic E-state index is 12.4. The first-order valence-corrected chi connectivity index (χ1v) is 11.4. The van der Waals surface area contributed by atoms with E-state index in [1.807, 2.05) is 24.3 Å². The second-order valence-corrected chi connectivity index (χ2v) is 9.06. The van der Waals surface area contributed by atoms with Crippen molar-refractivity contribution in [3.05, 3.63) is 83.0 Å². The summed E-state index contributed by atoms with van der Waals surface area (Å²) in [5.74, 6) is 6.63. The molecule has 0 bridgehead atoms. The number of nitrogens with zero attached hydrogens (tertiary/aromatic N) is 1. The smallest absolute Gasteiger partial charge is 0.332 e. The van der Waals surface area contributed by atoms with E-state index in [-0.39, 0.29) is 18.1 Å². The molecule has 0 aromatic heterocycles. The number of carbonyl (C=O) groups excluding carboxylic acids is 1. The Balaban J connectivity index is 1.52. The quantitative estimate of drug-likeness (QED) is 0.491. The van der Waals surface area contributed by atoms with Crippen molar-refractivity contribution in [1.82, 2.24) is 4.90 Å². The van der Waals surface area contributed by atoms with Crippen molar-refractivity contribution in [1.29, 1.82) is 0 Å². The molecule has 3 nitrogen and oxygen atoms in total. The van der Waals surface area contributed by atoms with Crippen molar-refractivity contribution in [2.75, 3.05) is 6.54 Å². The number of fused-ring (bicyclic) bond motifs is 2. The van der Waals surface area contributed by atoms with Gasteiger partial charge < -0.3 is 4.74 Å². The van der Waals surface area contributed by atoms with Gasteiger partial charge in [-0.1, -0.05) is 67.8 Å². The summed E-state index contributed by atoms with van der Waals surface area (Å²) in [5, 5.41) is 2.27. The monoisotopic (exact) mass is 419 g/mol. The van der Waals surface area contributed by atoms with Gasteiger partial charge in [0.05, 0.1) is 6.04 Å². The predicted molar refractivity (Wildman–Crippen MR) is 129 cm³/mol. The first-order chi connectivity index (χ1) is 15.6. The van der Waals surface area contributed by atoms with Gasteiger partial charge >= 0.3 is 5.97 Å². The Morgan fingerprint density at radius 2 is 1.97 bits per heavy atom. The summed E-state index contributed by atoms with van der Waals surface area (Å²) < 4.78 is 6.00. The Morgan fingerprint density at radius 1 is 1.16 bits per heavy atom. The van der Waals surface area contributed by atoms with E-state index in [2.05, 4.69) is 55.0 Å². The van der Waals surface area contributed by atoms with Crippen LogP contribution in [0.4, 0.5) is 0 Å². The molecule has 2 aromatic carbocycles. The van der Waals surface area contributed by atoms with Crippen LogP contribution in [0.5, 0.6) is 0 Å². The van der Waals surface area contributed by atoms with E-state index in [0.29, 0.717) is 0 Å². The SMILES string of the molecule is C=Cc1c(C#CC2=C3[C@H](C)N4CCCCC4[C@]34OC(=O)C=C24)cc2ccccc2c1C=C. The van der Waals surface area contributed by atoms with Crippen molar-refractivity contribution >= 4 is 28.9 Å². The average Bonchev–Trinajstić information content (AvgIpc) is 3.21. The van der Waals surface area contributed by atoms with E-state index in [0.717, 1.165) is 51.6 Å². The lowest BCUT2D eigenvalue weighted by molar-refractivity contribution is -0.146. The molecule has 6 rings (SSSR count). The van der Waals surface area contributed by atoms with Crippen LogP contribution in [0.3, 0.4) is 0 Å². The molecular formula is C29H25NO2. The summed E-state index contributed by atoms with van der Waals surface area (Å²) in [4.78, 5) is 14.9. The zero-order valence-corrected chi connectivity index (χ0v) is 18.3. The first kappa shape index (κ1) is 19.3. The highest BCUT2D eigenvalue weighted by atomic mass is 16.6. The summed E-state index contributed by atoms with van der Waals surface area (Å²) in [6.07, 6.45) is 8.84. The van der Waals surface area contributed by atoms with Crippen LogP contribution in [-0.4, -0.2) is 35.1 Å². The number of hydrogen-bond acceptors (Lipinski definition) is 3. The average molecular weight is 420 g/mol. The van der Waals surface area contributed by atoms with Crippen molar-refractivity contribution in [2.24, 2.45) is 0 Å². The van der Waals surface area contributed by atoms with Crippen molar-refractivity contribution < 1.29 is 9.53 Å². The first-order valence-electron chi connectivity index (χ1n) is 11.4. The van der Waals surface area contributed by atoms with Gasteiger partial charge in [-0.3, -0.25) is 4.90 Å². The molecule has 0 N–H and O–H groups in total. The van der Waals surface area contributed by atoms with Crippen LogP contribution in [0.1, 0.15) is 42.9 Å². The molecule has 0 radical (unpaired) electrons. The molecule has 1 unspecified atom stereocenters. The second kappa shape index (κ2) is 6.82. The molecular weight excluding hydrogens is 394 g/mol. The van der Waals surface area contributed by atoms with Crippen LogP contribution in [0.25, 0.3) is 22.9 Å². The van der Waals surface area contributed by atoms with Crippen LogP contribution >= 0.6 is 0 Å². The number of piperidine rings is 1. The minimum atomic E-state index is -0.558. The maximum Gasteiger partial charge on any atom is 0.332 e. The summed E-state index contributed by atoms with van der Waals surface area (Å²) >= 11 is 0. The number of hydrogen-bond donors (Lipinski definition) is 0. The van der Waals surface area contributed by atoms with Gasteiger partial charge in [-0.25, -0.2) is 4.79 Å². The predicted octanol–water partition coefficient (Wildman–Crippen LogP) is 5.27. The number of ether oxygens (including phenoxy) is 1. The third-order valence-electron chi connectivity index (χ3n) is 7.65. The molecule has 4 aliphatic rings. The van der Waals surface area contributed by atoms with E-state index in [9.17, 15) is 4.79 Å². The van der Waals surface area contributed by atoms with Gasteiger partial charge in [-0.2, -0.15) is 0 Å². The molecule has 2 fully saturated rings. The fourth-order valence-corrected chi connectivity index (χ4v) is 6.36. The van der Waals surface area contributed by atoms with Crippen molar-refractivity contribution in [3.63, 3.8) is 0 Å². The van der Waals surface area contributed by atoms with Crippen LogP contribution in [-0.2, 0) is 9.53 Å². The Hall–Kier alpha value is -3.35. The van der Waals surface area contributed by atoms with Crippen LogP contribution in [0, 0.1) is 11.8 Å². The summed E-state index contributed by atoms with van der Waals surface area (Å²) in [6.45, 7) is 11.3.